The third-order valence-corrected chi connectivity index (χ3v) is 3.33. The standard InChI is InChI=1S/C14H31N/c1-6-9-14(13(7-2)8-3)11-15-10-12(4)5/h12-15H,6-11H2,1-5H3. The first-order chi connectivity index (χ1) is 7.15. The van der Waals surface area contributed by atoms with Crippen LogP contribution in [0.25, 0.3) is 0 Å². The molecule has 0 radical (unpaired) electrons. The second-order valence-corrected chi connectivity index (χ2v) is 5.18. The topological polar surface area (TPSA) is 12.0 Å². The lowest BCUT2D eigenvalue weighted by atomic mass is 9.84. The summed E-state index contributed by atoms with van der Waals surface area (Å²) in [6.07, 6.45) is 5.39. The second-order valence-electron chi connectivity index (χ2n) is 5.18. The number of hydrogen-bond acceptors (Lipinski definition) is 1. The van der Waals surface area contributed by atoms with Crippen LogP contribution in [0.3, 0.4) is 0 Å². The fourth-order valence-corrected chi connectivity index (χ4v) is 2.39. The van der Waals surface area contributed by atoms with Crippen LogP contribution in [0.2, 0.25) is 0 Å². The van der Waals surface area contributed by atoms with Gasteiger partial charge in [0, 0.05) is 0 Å². The second kappa shape index (κ2) is 9.21. The maximum Gasteiger partial charge on any atom is -0.00178 e. The molecular formula is C14H31N. The molecule has 0 aromatic heterocycles. The Labute approximate surface area is 97.0 Å². The van der Waals surface area contributed by atoms with E-state index in [1.54, 1.807) is 0 Å². The van der Waals surface area contributed by atoms with E-state index in [0.29, 0.717) is 0 Å². The van der Waals surface area contributed by atoms with Crippen LogP contribution in [0.5, 0.6) is 0 Å². The van der Waals surface area contributed by atoms with E-state index in [1.807, 2.05) is 0 Å². The first-order valence-electron chi connectivity index (χ1n) is 6.86. The van der Waals surface area contributed by atoms with E-state index in [9.17, 15) is 0 Å². The predicted molar refractivity (Wildman–Crippen MR) is 70.2 cm³/mol. The number of nitrogens with one attached hydrogen (secondary N) is 1. The molecule has 15 heavy (non-hydrogen) atoms. The molecule has 0 aliphatic heterocycles. The summed E-state index contributed by atoms with van der Waals surface area (Å²) in [4.78, 5) is 0. The van der Waals surface area contributed by atoms with Crippen molar-refractivity contribution in [1.82, 2.24) is 5.32 Å². The van der Waals surface area contributed by atoms with Crippen molar-refractivity contribution in [1.29, 1.82) is 0 Å². The largest absolute Gasteiger partial charge is 0.316 e. The lowest BCUT2D eigenvalue weighted by Gasteiger charge is -2.25. The van der Waals surface area contributed by atoms with Crippen LogP contribution < -0.4 is 5.32 Å². The lowest BCUT2D eigenvalue weighted by Crippen LogP contribution is -2.30. The molecule has 0 spiro atoms. The maximum atomic E-state index is 3.62. The molecule has 0 rings (SSSR count). The van der Waals surface area contributed by atoms with E-state index < -0.39 is 0 Å². The van der Waals surface area contributed by atoms with Gasteiger partial charge in [-0.2, -0.15) is 0 Å². The van der Waals surface area contributed by atoms with Crippen LogP contribution in [0.1, 0.15) is 60.3 Å². The van der Waals surface area contributed by atoms with E-state index in [1.165, 1.54) is 38.8 Å². The van der Waals surface area contributed by atoms with Gasteiger partial charge in [-0.1, -0.05) is 53.9 Å². The van der Waals surface area contributed by atoms with Crippen molar-refractivity contribution in [2.45, 2.75) is 60.3 Å². The Hall–Kier alpha value is -0.0400. The summed E-state index contributed by atoms with van der Waals surface area (Å²) >= 11 is 0. The van der Waals surface area contributed by atoms with Gasteiger partial charge in [0.15, 0.2) is 0 Å². The van der Waals surface area contributed by atoms with Crippen molar-refractivity contribution in [2.24, 2.45) is 17.8 Å². The molecule has 1 nitrogen and oxygen atoms in total. The van der Waals surface area contributed by atoms with Crippen LogP contribution in [0.4, 0.5) is 0 Å². The maximum absolute atomic E-state index is 3.62. The number of hydrogen-bond donors (Lipinski definition) is 1. The van der Waals surface area contributed by atoms with Gasteiger partial charge < -0.3 is 5.32 Å². The highest BCUT2D eigenvalue weighted by Crippen LogP contribution is 2.23. The molecule has 0 saturated carbocycles. The highest BCUT2D eigenvalue weighted by Gasteiger charge is 2.16. The van der Waals surface area contributed by atoms with Crippen LogP contribution in [0, 0.1) is 17.8 Å². The highest BCUT2D eigenvalue weighted by atomic mass is 14.9. The minimum atomic E-state index is 0.772. The molecular weight excluding hydrogens is 182 g/mol. The van der Waals surface area contributed by atoms with Crippen LogP contribution >= 0.6 is 0 Å². The molecule has 0 aromatic carbocycles. The molecule has 1 heteroatoms. The summed E-state index contributed by atoms with van der Waals surface area (Å²) in [6, 6.07) is 0. The predicted octanol–water partition coefficient (Wildman–Crippen LogP) is 4.08. The van der Waals surface area contributed by atoms with Crippen LogP contribution in [-0.2, 0) is 0 Å². The van der Waals surface area contributed by atoms with E-state index in [2.05, 4.69) is 39.9 Å². The summed E-state index contributed by atoms with van der Waals surface area (Å²) < 4.78 is 0. The van der Waals surface area contributed by atoms with E-state index in [0.717, 1.165) is 17.8 Å². The van der Waals surface area contributed by atoms with Gasteiger partial charge in [0.1, 0.15) is 0 Å². The lowest BCUT2D eigenvalue weighted by molar-refractivity contribution is 0.278. The van der Waals surface area contributed by atoms with Gasteiger partial charge in [0.25, 0.3) is 0 Å². The molecule has 0 aliphatic rings. The van der Waals surface area contributed by atoms with Gasteiger partial charge in [-0.05, 0) is 37.3 Å². The molecule has 1 N–H and O–H groups in total. The number of rotatable bonds is 9. The van der Waals surface area contributed by atoms with Gasteiger partial charge >= 0.3 is 0 Å². The highest BCUT2D eigenvalue weighted by molar-refractivity contribution is 4.70. The van der Waals surface area contributed by atoms with Gasteiger partial charge in [-0.15, -0.1) is 0 Å². The average Bonchev–Trinajstić information content (AvgIpc) is 2.19. The van der Waals surface area contributed by atoms with E-state index >= 15 is 0 Å². The SMILES string of the molecule is CCCC(CNCC(C)C)C(CC)CC. The minimum absolute atomic E-state index is 0.772. The van der Waals surface area contributed by atoms with Crippen LogP contribution in [0.15, 0.2) is 0 Å². The molecule has 0 bridgehead atoms. The summed E-state index contributed by atoms with van der Waals surface area (Å²) in [6.45, 7) is 13.9. The fourth-order valence-electron chi connectivity index (χ4n) is 2.39. The molecule has 1 atom stereocenters. The zero-order chi connectivity index (χ0) is 11.7. The minimum Gasteiger partial charge on any atom is -0.316 e. The Balaban J connectivity index is 3.91. The third-order valence-electron chi connectivity index (χ3n) is 3.33. The van der Waals surface area contributed by atoms with E-state index in [4.69, 9.17) is 0 Å². The van der Waals surface area contributed by atoms with Crippen molar-refractivity contribution in [3.05, 3.63) is 0 Å². The summed E-state index contributed by atoms with van der Waals surface area (Å²) in [5.74, 6) is 2.59. The Morgan fingerprint density at radius 2 is 1.47 bits per heavy atom. The van der Waals surface area contributed by atoms with E-state index in [-0.39, 0.29) is 0 Å². The Bertz CT molecular complexity index is 127. The van der Waals surface area contributed by atoms with Gasteiger partial charge in [0.2, 0.25) is 0 Å². The van der Waals surface area contributed by atoms with Gasteiger partial charge in [-0.25, -0.2) is 0 Å². The summed E-state index contributed by atoms with van der Waals surface area (Å²) in [5, 5.41) is 3.62. The molecule has 0 amide bonds. The Morgan fingerprint density at radius 3 is 1.87 bits per heavy atom. The molecule has 92 valence electrons. The summed E-state index contributed by atoms with van der Waals surface area (Å²) in [7, 11) is 0. The van der Waals surface area contributed by atoms with Crippen LogP contribution in [-0.4, -0.2) is 13.1 Å². The Morgan fingerprint density at radius 1 is 0.867 bits per heavy atom. The Kier molecular flexibility index (Phi) is 9.18. The molecule has 0 heterocycles. The zero-order valence-electron chi connectivity index (χ0n) is 11.5. The molecule has 0 saturated heterocycles. The van der Waals surface area contributed by atoms with Crippen molar-refractivity contribution in [2.75, 3.05) is 13.1 Å². The molecule has 0 aliphatic carbocycles. The third kappa shape index (κ3) is 6.94. The van der Waals surface area contributed by atoms with Gasteiger partial charge in [-0.3, -0.25) is 0 Å². The van der Waals surface area contributed by atoms with Crippen molar-refractivity contribution in [3.63, 3.8) is 0 Å². The summed E-state index contributed by atoms with van der Waals surface area (Å²) in [5.41, 5.74) is 0. The zero-order valence-corrected chi connectivity index (χ0v) is 11.5. The first-order valence-corrected chi connectivity index (χ1v) is 6.86. The van der Waals surface area contributed by atoms with Crippen molar-refractivity contribution < 1.29 is 0 Å². The average molecular weight is 213 g/mol. The smallest absolute Gasteiger partial charge is 0.00178 e. The molecule has 0 aromatic rings. The monoisotopic (exact) mass is 213 g/mol. The molecule has 1 unspecified atom stereocenters. The van der Waals surface area contributed by atoms with Crippen molar-refractivity contribution in [3.8, 4) is 0 Å². The molecule has 0 fully saturated rings. The normalized spacial score (nSPS) is 13.8. The first kappa shape index (κ1) is 15.0. The quantitative estimate of drug-likeness (QED) is 0.608. The van der Waals surface area contributed by atoms with Crippen molar-refractivity contribution >= 4 is 0 Å². The fraction of sp³-hybridized carbons (Fsp3) is 1.00. The van der Waals surface area contributed by atoms with Gasteiger partial charge in [0.05, 0.1) is 0 Å².